The zero-order valence-corrected chi connectivity index (χ0v) is 11.1. The molecule has 0 unspecified atom stereocenters. The van der Waals surface area contributed by atoms with Crippen LogP contribution in [-0.4, -0.2) is 51.1 Å². The highest BCUT2D eigenvalue weighted by molar-refractivity contribution is 5.85. The van der Waals surface area contributed by atoms with E-state index in [0.717, 1.165) is 25.9 Å². The number of nitrogens with one attached hydrogen (secondary N) is 2. The van der Waals surface area contributed by atoms with Crippen LogP contribution in [0.4, 0.5) is 0 Å². The molecule has 0 spiro atoms. The summed E-state index contributed by atoms with van der Waals surface area (Å²) >= 11 is 0. The van der Waals surface area contributed by atoms with Gasteiger partial charge in [-0.1, -0.05) is 0 Å². The van der Waals surface area contributed by atoms with E-state index in [1.54, 1.807) is 0 Å². The third kappa shape index (κ3) is 3.19. The van der Waals surface area contributed by atoms with Gasteiger partial charge in [-0.2, -0.15) is 0 Å². The Morgan fingerprint density at radius 1 is 1.35 bits per heavy atom. The molecule has 1 aliphatic carbocycles. The van der Waals surface area contributed by atoms with Crippen LogP contribution in [0, 0.1) is 11.3 Å². The second-order valence-corrected chi connectivity index (χ2v) is 5.77. The number of hydrogen-bond donors (Lipinski definition) is 2. The molecule has 0 bridgehead atoms. The van der Waals surface area contributed by atoms with Crippen molar-refractivity contribution in [1.29, 1.82) is 0 Å². The third-order valence-electron chi connectivity index (χ3n) is 4.24. The molecule has 1 saturated carbocycles. The van der Waals surface area contributed by atoms with Gasteiger partial charge < -0.3 is 15.5 Å². The molecule has 0 aromatic rings. The molecule has 2 N–H and O–H groups in total. The maximum absolute atomic E-state index is 12.1. The average Bonchev–Trinajstić information content (AvgIpc) is 3.09. The van der Waals surface area contributed by atoms with Gasteiger partial charge in [-0.3, -0.25) is 4.79 Å². The molecule has 1 aliphatic heterocycles. The number of carbonyl (C=O) groups is 1. The Morgan fingerprint density at radius 3 is 2.53 bits per heavy atom. The van der Waals surface area contributed by atoms with Crippen LogP contribution in [0.2, 0.25) is 0 Å². The number of piperidine rings is 1. The molecule has 2 fully saturated rings. The molecular weight excluding hydrogens is 214 g/mol. The number of hydrogen-bond acceptors (Lipinski definition) is 3. The molecule has 0 aromatic heterocycles. The van der Waals surface area contributed by atoms with Crippen LogP contribution >= 0.6 is 0 Å². The molecule has 0 radical (unpaired) electrons. The molecule has 4 nitrogen and oxygen atoms in total. The molecule has 0 aromatic carbocycles. The summed E-state index contributed by atoms with van der Waals surface area (Å²) in [5.41, 5.74) is -0.0692. The van der Waals surface area contributed by atoms with Crippen LogP contribution in [0.3, 0.4) is 0 Å². The molecule has 0 atom stereocenters. The fourth-order valence-electron chi connectivity index (χ4n) is 2.66. The lowest BCUT2D eigenvalue weighted by Crippen LogP contribution is -2.42. The number of rotatable bonds is 5. The second kappa shape index (κ2) is 5.36. The van der Waals surface area contributed by atoms with Gasteiger partial charge in [-0.15, -0.1) is 0 Å². The fourth-order valence-corrected chi connectivity index (χ4v) is 2.66. The summed E-state index contributed by atoms with van der Waals surface area (Å²) in [5.74, 6) is 0.950. The normalized spacial score (nSPS) is 24.6. The smallest absolute Gasteiger partial charge is 0.227 e. The van der Waals surface area contributed by atoms with Crippen LogP contribution in [0.15, 0.2) is 0 Å². The largest absolute Gasteiger partial charge is 0.355 e. The van der Waals surface area contributed by atoms with E-state index in [4.69, 9.17) is 0 Å². The topological polar surface area (TPSA) is 44.4 Å². The zero-order chi connectivity index (χ0) is 12.3. The van der Waals surface area contributed by atoms with E-state index in [0.29, 0.717) is 5.92 Å². The third-order valence-corrected chi connectivity index (χ3v) is 4.24. The van der Waals surface area contributed by atoms with Crippen LogP contribution < -0.4 is 10.6 Å². The van der Waals surface area contributed by atoms with E-state index < -0.39 is 0 Å². The Hall–Kier alpha value is -0.610. The lowest BCUT2D eigenvalue weighted by molar-refractivity contribution is -0.126. The number of likely N-dealkylation sites (tertiary alicyclic amines) is 1. The predicted octanol–water partition coefficient (Wildman–Crippen LogP) is 0.444. The van der Waals surface area contributed by atoms with E-state index in [-0.39, 0.29) is 11.3 Å². The lowest BCUT2D eigenvalue weighted by Gasteiger charge is -2.29. The van der Waals surface area contributed by atoms with Crippen LogP contribution in [0.1, 0.15) is 25.7 Å². The van der Waals surface area contributed by atoms with E-state index in [1.807, 2.05) is 7.05 Å². The van der Waals surface area contributed by atoms with Crippen molar-refractivity contribution < 1.29 is 4.79 Å². The van der Waals surface area contributed by atoms with Gasteiger partial charge in [0.25, 0.3) is 0 Å². The summed E-state index contributed by atoms with van der Waals surface area (Å²) in [5, 5.41) is 6.28. The van der Waals surface area contributed by atoms with Crippen LogP contribution in [0.25, 0.3) is 0 Å². The quantitative estimate of drug-likeness (QED) is 0.732. The Morgan fingerprint density at radius 2 is 2.00 bits per heavy atom. The van der Waals surface area contributed by atoms with Gasteiger partial charge >= 0.3 is 0 Å². The van der Waals surface area contributed by atoms with Crippen molar-refractivity contribution >= 4 is 5.91 Å². The molecule has 17 heavy (non-hydrogen) atoms. The molecular formula is C13H25N3O. The zero-order valence-electron chi connectivity index (χ0n) is 11.1. The fraction of sp³-hybridized carbons (Fsp3) is 0.923. The summed E-state index contributed by atoms with van der Waals surface area (Å²) < 4.78 is 0. The lowest BCUT2D eigenvalue weighted by atomic mass is 9.96. The van der Waals surface area contributed by atoms with Gasteiger partial charge in [-0.05, 0) is 58.8 Å². The van der Waals surface area contributed by atoms with Gasteiger partial charge in [0.15, 0.2) is 0 Å². The SMILES string of the molecule is CNCC1(C(=O)NCC2CCN(C)CC2)CC1. The monoisotopic (exact) mass is 239 g/mol. The first-order valence-corrected chi connectivity index (χ1v) is 6.78. The Labute approximate surface area is 104 Å². The number of nitrogens with zero attached hydrogens (tertiary/aromatic N) is 1. The van der Waals surface area contributed by atoms with Gasteiger partial charge in [0.2, 0.25) is 5.91 Å². The molecule has 4 heteroatoms. The summed E-state index contributed by atoms with van der Waals surface area (Å²) in [7, 11) is 4.09. The molecule has 1 saturated heterocycles. The average molecular weight is 239 g/mol. The van der Waals surface area contributed by atoms with Gasteiger partial charge in [0, 0.05) is 13.1 Å². The summed E-state index contributed by atoms with van der Waals surface area (Å²) in [6.45, 7) is 4.04. The van der Waals surface area contributed by atoms with E-state index in [1.165, 1.54) is 25.9 Å². The highest BCUT2D eigenvalue weighted by atomic mass is 16.2. The number of amides is 1. The predicted molar refractivity (Wildman–Crippen MR) is 68.8 cm³/mol. The molecule has 2 rings (SSSR count). The molecule has 1 amide bonds. The Bertz CT molecular complexity index is 268. The highest BCUT2D eigenvalue weighted by Crippen LogP contribution is 2.45. The minimum Gasteiger partial charge on any atom is -0.355 e. The Kier molecular flexibility index (Phi) is 4.05. The minimum atomic E-state index is -0.0692. The minimum absolute atomic E-state index is 0.0692. The standard InChI is InChI=1S/C13H25N3O/c1-14-10-13(5-6-13)12(17)15-9-11-3-7-16(2)8-4-11/h11,14H,3-10H2,1-2H3,(H,15,17). The second-order valence-electron chi connectivity index (χ2n) is 5.77. The molecule has 1 heterocycles. The van der Waals surface area contributed by atoms with Crippen molar-refractivity contribution in [2.45, 2.75) is 25.7 Å². The van der Waals surface area contributed by atoms with Crippen LogP contribution in [-0.2, 0) is 4.79 Å². The maximum atomic E-state index is 12.1. The van der Waals surface area contributed by atoms with E-state index >= 15 is 0 Å². The van der Waals surface area contributed by atoms with Gasteiger partial charge in [-0.25, -0.2) is 0 Å². The van der Waals surface area contributed by atoms with Gasteiger partial charge in [0.1, 0.15) is 0 Å². The van der Waals surface area contributed by atoms with E-state index in [2.05, 4.69) is 22.6 Å². The Balaban J connectivity index is 1.70. The highest BCUT2D eigenvalue weighted by Gasteiger charge is 2.48. The first-order chi connectivity index (χ1) is 8.16. The molecule has 98 valence electrons. The molecule has 2 aliphatic rings. The van der Waals surface area contributed by atoms with Crippen molar-refractivity contribution in [1.82, 2.24) is 15.5 Å². The first-order valence-electron chi connectivity index (χ1n) is 6.78. The maximum Gasteiger partial charge on any atom is 0.227 e. The van der Waals surface area contributed by atoms with Gasteiger partial charge in [0.05, 0.1) is 5.41 Å². The van der Waals surface area contributed by atoms with Crippen molar-refractivity contribution in [3.63, 3.8) is 0 Å². The van der Waals surface area contributed by atoms with E-state index in [9.17, 15) is 4.79 Å². The summed E-state index contributed by atoms with van der Waals surface area (Å²) in [6, 6.07) is 0. The summed E-state index contributed by atoms with van der Waals surface area (Å²) in [6.07, 6.45) is 4.53. The van der Waals surface area contributed by atoms with Crippen molar-refractivity contribution in [2.24, 2.45) is 11.3 Å². The summed E-state index contributed by atoms with van der Waals surface area (Å²) in [4.78, 5) is 14.4. The van der Waals surface area contributed by atoms with Crippen molar-refractivity contribution in [3.8, 4) is 0 Å². The van der Waals surface area contributed by atoms with Crippen LogP contribution in [0.5, 0.6) is 0 Å². The van der Waals surface area contributed by atoms with Crippen molar-refractivity contribution in [3.05, 3.63) is 0 Å². The van der Waals surface area contributed by atoms with Crippen molar-refractivity contribution in [2.75, 3.05) is 40.3 Å². The first kappa shape index (κ1) is 12.8. The number of carbonyl (C=O) groups excluding carboxylic acids is 1.